The molecule has 0 saturated heterocycles. The lowest BCUT2D eigenvalue weighted by atomic mass is 9.78. The highest BCUT2D eigenvalue weighted by molar-refractivity contribution is 5.92. The summed E-state index contributed by atoms with van der Waals surface area (Å²) in [5.74, 6) is 1.11. The third-order valence-electron chi connectivity index (χ3n) is 5.89. The summed E-state index contributed by atoms with van der Waals surface area (Å²) >= 11 is 0. The number of hydrogen-bond donors (Lipinski definition) is 0. The Hall–Kier alpha value is -3.07. The average molecular weight is 417 g/mol. The molecule has 0 spiro atoms. The maximum Gasteiger partial charge on any atom is 0.343 e. The van der Waals surface area contributed by atoms with Crippen LogP contribution in [0, 0.1) is 13.8 Å². The van der Waals surface area contributed by atoms with Crippen molar-refractivity contribution in [1.82, 2.24) is 0 Å². The first kappa shape index (κ1) is 22.6. The molecule has 0 fully saturated rings. The van der Waals surface area contributed by atoms with Gasteiger partial charge in [-0.25, -0.2) is 4.79 Å². The van der Waals surface area contributed by atoms with Crippen LogP contribution in [-0.2, 0) is 5.41 Å². The molecule has 31 heavy (non-hydrogen) atoms. The number of aryl methyl sites for hydroxylation is 2. The van der Waals surface area contributed by atoms with Gasteiger partial charge in [0.1, 0.15) is 11.5 Å². The normalized spacial score (nSPS) is 12.3. The second-order valence-corrected chi connectivity index (χ2v) is 8.72. The van der Waals surface area contributed by atoms with Gasteiger partial charge in [0.15, 0.2) is 0 Å². The molecule has 162 valence electrons. The molecule has 0 aromatic heterocycles. The summed E-state index contributed by atoms with van der Waals surface area (Å²) in [7, 11) is 0. The topological polar surface area (TPSA) is 35.5 Å². The van der Waals surface area contributed by atoms with E-state index in [0.29, 0.717) is 11.3 Å². The highest BCUT2D eigenvalue weighted by Crippen LogP contribution is 2.33. The molecular formula is C28H32O3. The number of esters is 1. The molecule has 0 bridgehead atoms. The molecule has 0 amide bonds. The molecule has 0 N–H and O–H groups in total. The number of carbonyl (C=O) groups excluding carboxylic acids is 1. The van der Waals surface area contributed by atoms with Crippen LogP contribution < -0.4 is 9.47 Å². The zero-order valence-corrected chi connectivity index (χ0v) is 19.4. The zero-order chi connectivity index (χ0) is 22.6. The predicted molar refractivity (Wildman–Crippen MR) is 126 cm³/mol. The Morgan fingerprint density at radius 1 is 0.871 bits per heavy atom. The van der Waals surface area contributed by atoms with E-state index in [9.17, 15) is 4.79 Å². The average Bonchev–Trinajstić information content (AvgIpc) is 2.76. The van der Waals surface area contributed by atoms with Crippen molar-refractivity contribution >= 4 is 5.97 Å². The molecule has 0 heterocycles. The lowest BCUT2D eigenvalue weighted by Gasteiger charge is -2.26. The van der Waals surface area contributed by atoms with Crippen molar-refractivity contribution in [1.29, 1.82) is 0 Å². The molecule has 0 radical (unpaired) electrons. The quantitative estimate of drug-likeness (QED) is 0.306. The standard InChI is InChI=1S/C28H32O3/c1-7-21(4)30-24-14-10-22(11-15-24)28(5,6)23-12-16-25(17-13-23)31-27(29)26-18-19(2)8-9-20(26)3/h8-18,21H,7H2,1-6H3. The minimum Gasteiger partial charge on any atom is -0.491 e. The van der Waals surface area contributed by atoms with E-state index in [1.54, 1.807) is 0 Å². The Morgan fingerprint density at radius 3 is 1.97 bits per heavy atom. The Morgan fingerprint density at radius 2 is 1.42 bits per heavy atom. The van der Waals surface area contributed by atoms with E-state index in [4.69, 9.17) is 9.47 Å². The molecule has 0 aliphatic heterocycles. The van der Waals surface area contributed by atoms with Crippen molar-refractivity contribution in [2.75, 3.05) is 0 Å². The second kappa shape index (κ2) is 9.38. The first-order chi connectivity index (χ1) is 14.7. The highest BCUT2D eigenvalue weighted by Gasteiger charge is 2.23. The Labute approximate surface area is 186 Å². The molecule has 1 atom stereocenters. The number of carbonyl (C=O) groups is 1. The predicted octanol–water partition coefficient (Wildman–Crippen LogP) is 7.03. The van der Waals surface area contributed by atoms with Gasteiger partial charge in [0.05, 0.1) is 11.7 Å². The van der Waals surface area contributed by atoms with E-state index in [2.05, 4.69) is 39.8 Å². The van der Waals surface area contributed by atoms with E-state index in [-0.39, 0.29) is 17.5 Å². The smallest absolute Gasteiger partial charge is 0.343 e. The van der Waals surface area contributed by atoms with Crippen LogP contribution in [0.25, 0.3) is 0 Å². The van der Waals surface area contributed by atoms with Gasteiger partial charge in [-0.2, -0.15) is 0 Å². The summed E-state index contributed by atoms with van der Waals surface area (Å²) in [6.45, 7) is 12.5. The van der Waals surface area contributed by atoms with E-state index in [1.807, 2.05) is 68.4 Å². The maximum atomic E-state index is 12.6. The molecule has 0 aliphatic carbocycles. The first-order valence-corrected chi connectivity index (χ1v) is 10.9. The van der Waals surface area contributed by atoms with Crippen LogP contribution in [0.5, 0.6) is 11.5 Å². The van der Waals surface area contributed by atoms with Crippen LogP contribution in [0.1, 0.15) is 66.7 Å². The van der Waals surface area contributed by atoms with Gasteiger partial charge in [0, 0.05) is 5.41 Å². The fraction of sp³-hybridized carbons (Fsp3) is 0.321. The summed E-state index contributed by atoms with van der Waals surface area (Å²) in [5, 5.41) is 0. The molecule has 0 aliphatic rings. The van der Waals surface area contributed by atoms with Crippen molar-refractivity contribution in [3.63, 3.8) is 0 Å². The lowest BCUT2D eigenvalue weighted by Crippen LogP contribution is -2.19. The van der Waals surface area contributed by atoms with E-state index in [1.165, 1.54) is 5.56 Å². The van der Waals surface area contributed by atoms with Crippen LogP contribution in [-0.4, -0.2) is 12.1 Å². The monoisotopic (exact) mass is 416 g/mol. The van der Waals surface area contributed by atoms with Gasteiger partial charge in [0.2, 0.25) is 0 Å². The Balaban J connectivity index is 1.74. The molecule has 1 unspecified atom stereocenters. The SMILES string of the molecule is CCC(C)Oc1ccc(C(C)(C)c2ccc(OC(=O)c3cc(C)ccc3C)cc2)cc1. The van der Waals surface area contributed by atoms with Crippen LogP contribution in [0.2, 0.25) is 0 Å². The van der Waals surface area contributed by atoms with Gasteiger partial charge in [-0.05, 0) is 74.2 Å². The largest absolute Gasteiger partial charge is 0.491 e. The minimum absolute atomic E-state index is 0.190. The van der Waals surface area contributed by atoms with Crippen LogP contribution in [0.15, 0.2) is 66.7 Å². The van der Waals surface area contributed by atoms with Crippen LogP contribution in [0.3, 0.4) is 0 Å². The van der Waals surface area contributed by atoms with E-state index >= 15 is 0 Å². The summed E-state index contributed by atoms with van der Waals surface area (Å²) in [5.41, 5.74) is 4.71. The molecule has 0 saturated carbocycles. The van der Waals surface area contributed by atoms with Crippen LogP contribution in [0.4, 0.5) is 0 Å². The number of benzene rings is 3. The van der Waals surface area contributed by atoms with Gasteiger partial charge in [0.25, 0.3) is 0 Å². The third-order valence-corrected chi connectivity index (χ3v) is 5.89. The Kier molecular flexibility index (Phi) is 6.84. The van der Waals surface area contributed by atoms with Crippen molar-refractivity contribution in [3.05, 3.63) is 94.5 Å². The second-order valence-electron chi connectivity index (χ2n) is 8.72. The van der Waals surface area contributed by atoms with Crippen molar-refractivity contribution in [3.8, 4) is 11.5 Å². The number of rotatable bonds is 7. The van der Waals surface area contributed by atoms with Crippen molar-refractivity contribution < 1.29 is 14.3 Å². The van der Waals surface area contributed by atoms with Gasteiger partial charge in [-0.15, -0.1) is 0 Å². The first-order valence-electron chi connectivity index (χ1n) is 10.9. The van der Waals surface area contributed by atoms with Gasteiger partial charge >= 0.3 is 5.97 Å². The Bertz CT molecular complexity index is 1030. The summed E-state index contributed by atoms with van der Waals surface area (Å²) in [6, 6.07) is 21.9. The zero-order valence-electron chi connectivity index (χ0n) is 19.4. The molecule has 3 aromatic rings. The van der Waals surface area contributed by atoms with Gasteiger partial charge < -0.3 is 9.47 Å². The van der Waals surface area contributed by atoms with Gasteiger partial charge in [-0.1, -0.05) is 62.7 Å². The molecule has 3 heteroatoms. The van der Waals surface area contributed by atoms with Crippen molar-refractivity contribution in [2.24, 2.45) is 0 Å². The summed E-state index contributed by atoms with van der Waals surface area (Å²) in [6.07, 6.45) is 1.19. The fourth-order valence-corrected chi connectivity index (χ4v) is 3.49. The van der Waals surface area contributed by atoms with Crippen LogP contribution >= 0.6 is 0 Å². The maximum absolute atomic E-state index is 12.6. The van der Waals surface area contributed by atoms with E-state index in [0.717, 1.165) is 28.9 Å². The molecule has 3 aromatic carbocycles. The third kappa shape index (κ3) is 5.35. The molecule has 3 rings (SSSR count). The van der Waals surface area contributed by atoms with Gasteiger partial charge in [-0.3, -0.25) is 0 Å². The molecular weight excluding hydrogens is 384 g/mol. The van der Waals surface area contributed by atoms with E-state index < -0.39 is 0 Å². The van der Waals surface area contributed by atoms with Crippen molar-refractivity contribution in [2.45, 2.75) is 59.5 Å². The highest BCUT2D eigenvalue weighted by atomic mass is 16.5. The fourth-order valence-electron chi connectivity index (χ4n) is 3.49. The number of hydrogen-bond acceptors (Lipinski definition) is 3. The molecule has 3 nitrogen and oxygen atoms in total. The summed E-state index contributed by atoms with van der Waals surface area (Å²) < 4.78 is 11.5. The lowest BCUT2D eigenvalue weighted by molar-refractivity contribution is 0.0734. The summed E-state index contributed by atoms with van der Waals surface area (Å²) in [4.78, 5) is 12.6. The minimum atomic E-state index is -0.329. The number of ether oxygens (including phenoxy) is 2.